The molecular formula is C17H29N3O. The number of piperidine rings is 1. The van der Waals surface area contributed by atoms with Crippen molar-refractivity contribution in [1.29, 1.82) is 0 Å². The maximum atomic E-state index is 5.65. The van der Waals surface area contributed by atoms with Gasteiger partial charge in [0, 0.05) is 11.3 Å². The number of nitrogens with zero attached hydrogens (tertiary/aromatic N) is 2. The van der Waals surface area contributed by atoms with Crippen molar-refractivity contribution in [2.45, 2.75) is 76.5 Å². The van der Waals surface area contributed by atoms with E-state index in [2.05, 4.69) is 24.3 Å². The summed E-state index contributed by atoms with van der Waals surface area (Å²) in [6, 6.07) is 0. The summed E-state index contributed by atoms with van der Waals surface area (Å²) in [6.07, 6.45) is 10.0. The summed E-state index contributed by atoms with van der Waals surface area (Å²) in [4.78, 5) is 4.79. The van der Waals surface area contributed by atoms with E-state index in [0.29, 0.717) is 5.92 Å². The van der Waals surface area contributed by atoms with E-state index in [9.17, 15) is 0 Å². The molecule has 3 rings (SSSR count). The van der Waals surface area contributed by atoms with Gasteiger partial charge < -0.3 is 9.84 Å². The van der Waals surface area contributed by atoms with Crippen molar-refractivity contribution in [3.63, 3.8) is 0 Å². The molecular weight excluding hydrogens is 262 g/mol. The topological polar surface area (TPSA) is 51.0 Å². The van der Waals surface area contributed by atoms with Gasteiger partial charge in [0.25, 0.3) is 0 Å². The summed E-state index contributed by atoms with van der Waals surface area (Å²) < 4.78 is 5.65. The van der Waals surface area contributed by atoms with Gasteiger partial charge in [-0.15, -0.1) is 0 Å². The normalized spacial score (nSPS) is 29.4. The highest BCUT2D eigenvalue weighted by atomic mass is 16.5. The minimum absolute atomic E-state index is 0.0793. The molecule has 0 unspecified atom stereocenters. The van der Waals surface area contributed by atoms with Gasteiger partial charge in [0.05, 0.1) is 0 Å². The third-order valence-electron chi connectivity index (χ3n) is 5.57. The molecule has 0 amide bonds. The van der Waals surface area contributed by atoms with Gasteiger partial charge in [0.1, 0.15) is 0 Å². The molecule has 2 fully saturated rings. The molecule has 1 saturated heterocycles. The van der Waals surface area contributed by atoms with Gasteiger partial charge in [-0.25, -0.2) is 0 Å². The standard InChI is InChI=1S/C17H29N3O/c1-3-4-13-5-7-14(8-6-13)15-19-16(21-20-15)17(2)9-11-18-12-10-17/h13-14,18H,3-12H2,1-2H3. The Kier molecular flexibility index (Phi) is 4.63. The minimum Gasteiger partial charge on any atom is -0.339 e. The van der Waals surface area contributed by atoms with Crippen molar-refractivity contribution in [1.82, 2.24) is 15.5 Å². The van der Waals surface area contributed by atoms with Gasteiger partial charge in [0.2, 0.25) is 5.89 Å². The van der Waals surface area contributed by atoms with Crippen LogP contribution in [0.1, 0.15) is 82.8 Å². The van der Waals surface area contributed by atoms with Crippen LogP contribution in [0.25, 0.3) is 0 Å². The quantitative estimate of drug-likeness (QED) is 0.917. The minimum atomic E-state index is 0.0793. The van der Waals surface area contributed by atoms with Crippen LogP contribution in [0.15, 0.2) is 4.52 Å². The van der Waals surface area contributed by atoms with Crippen molar-refractivity contribution in [2.24, 2.45) is 5.92 Å². The van der Waals surface area contributed by atoms with E-state index < -0.39 is 0 Å². The first-order valence-electron chi connectivity index (χ1n) is 8.76. The van der Waals surface area contributed by atoms with Crippen LogP contribution in [0.4, 0.5) is 0 Å². The van der Waals surface area contributed by atoms with Crippen molar-refractivity contribution < 1.29 is 4.52 Å². The second kappa shape index (κ2) is 6.47. The second-order valence-electron chi connectivity index (χ2n) is 7.27. The third-order valence-corrected chi connectivity index (χ3v) is 5.57. The van der Waals surface area contributed by atoms with Crippen molar-refractivity contribution in [3.8, 4) is 0 Å². The van der Waals surface area contributed by atoms with Crippen molar-refractivity contribution >= 4 is 0 Å². The number of hydrogen-bond donors (Lipinski definition) is 1. The fraction of sp³-hybridized carbons (Fsp3) is 0.882. The zero-order valence-corrected chi connectivity index (χ0v) is 13.5. The van der Waals surface area contributed by atoms with E-state index in [-0.39, 0.29) is 5.41 Å². The third kappa shape index (κ3) is 3.31. The zero-order chi connectivity index (χ0) is 14.7. The summed E-state index contributed by atoms with van der Waals surface area (Å²) >= 11 is 0. The van der Waals surface area contributed by atoms with Gasteiger partial charge in [-0.2, -0.15) is 4.98 Å². The van der Waals surface area contributed by atoms with Crippen LogP contribution >= 0.6 is 0 Å². The van der Waals surface area contributed by atoms with Crippen LogP contribution in [-0.2, 0) is 5.41 Å². The molecule has 1 aliphatic carbocycles. The average molecular weight is 291 g/mol. The SMILES string of the molecule is CCCC1CCC(c2noc(C3(C)CCNCC3)n2)CC1. The maximum Gasteiger partial charge on any atom is 0.232 e. The smallest absolute Gasteiger partial charge is 0.232 e. The number of aromatic nitrogens is 2. The highest BCUT2D eigenvalue weighted by Gasteiger charge is 2.35. The monoisotopic (exact) mass is 291 g/mol. The highest BCUT2D eigenvalue weighted by Crippen LogP contribution is 2.38. The van der Waals surface area contributed by atoms with Crippen LogP contribution in [0, 0.1) is 5.92 Å². The highest BCUT2D eigenvalue weighted by molar-refractivity contribution is 5.07. The molecule has 0 spiro atoms. The summed E-state index contributed by atoms with van der Waals surface area (Å²) in [5.41, 5.74) is 0.0793. The maximum absolute atomic E-state index is 5.65. The Morgan fingerprint density at radius 3 is 2.57 bits per heavy atom. The first kappa shape index (κ1) is 15.0. The Morgan fingerprint density at radius 1 is 1.19 bits per heavy atom. The molecule has 1 N–H and O–H groups in total. The second-order valence-corrected chi connectivity index (χ2v) is 7.27. The van der Waals surface area contributed by atoms with E-state index in [1.54, 1.807) is 0 Å². The molecule has 0 aromatic carbocycles. The fourth-order valence-electron chi connectivity index (χ4n) is 3.96. The molecule has 1 aromatic rings. The summed E-state index contributed by atoms with van der Waals surface area (Å²) in [6.45, 7) is 6.66. The van der Waals surface area contributed by atoms with E-state index in [1.165, 1.54) is 38.5 Å². The van der Waals surface area contributed by atoms with Crippen molar-refractivity contribution in [3.05, 3.63) is 11.7 Å². The Balaban J connectivity index is 1.63. The van der Waals surface area contributed by atoms with Gasteiger partial charge >= 0.3 is 0 Å². The van der Waals surface area contributed by atoms with Crippen LogP contribution in [0.5, 0.6) is 0 Å². The lowest BCUT2D eigenvalue weighted by atomic mass is 9.79. The van der Waals surface area contributed by atoms with Crippen LogP contribution in [-0.4, -0.2) is 23.2 Å². The van der Waals surface area contributed by atoms with Gasteiger partial charge in [-0.3, -0.25) is 0 Å². The molecule has 118 valence electrons. The average Bonchev–Trinajstić information content (AvgIpc) is 3.00. The molecule has 0 atom stereocenters. The van der Waals surface area contributed by atoms with Crippen LogP contribution in [0.2, 0.25) is 0 Å². The summed E-state index contributed by atoms with van der Waals surface area (Å²) in [7, 11) is 0. The van der Waals surface area contributed by atoms with E-state index in [0.717, 1.165) is 43.6 Å². The number of rotatable bonds is 4. The predicted molar refractivity (Wildman–Crippen MR) is 83.4 cm³/mol. The number of nitrogens with one attached hydrogen (secondary N) is 1. The first-order chi connectivity index (χ1) is 10.2. The molecule has 4 heteroatoms. The summed E-state index contributed by atoms with van der Waals surface area (Å²) in [5.74, 6) is 3.30. The van der Waals surface area contributed by atoms with Gasteiger partial charge in [-0.05, 0) is 57.5 Å². The molecule has 0 radical (unpaired) electrons. The Bertz CT molecular complexity index is 443. The van der Waals surface area contributed by atoms with Gasteiger partial charge in [-0.1, -0.05) is 31.8 Å². The van der Waals surface area contributed by atoms with E-state index >= 15 is 0 Å². The molecule has 2 heterocycles. The van der Waals surface area contributed by atoms with Crippen LogP contribution in [0.3, 0.4) is 0 Å². The lowest BCUT2D eigenvalue weighted by Crippen LogP contribution is -2.37. The molecule has 1 aromatic heterocycles. The Labute approximate surface area is 128 Å². The molecule has 1 aliphatic heterocycles. The van der Waals surface area contributed by atoms with Crippen LogP contribution < -0.4 is 5.32 Å². The predicted octanol–water partition coefficient (Wildman–Crippen LogP) is 3.78. The molecule has 21 heavy (non-hydrogen) atoms. The molecule has 4 nitrogen and oxygen atoms in total. The lowest BCUT2D eigenvalue weighted by molar-refractivity contribution is 0.239. The number of hydrogen-bond acceptors (Lipinski definition) is 4. The Morgan fingerprint density at radius 2 is 1.90 bits per heavy atom. The van der Waals surface area contributed by atoms with Gasteiger partial charge in [0.15, 0.2) is 5.82 Å². The molecule has 0 bridgehead atoms. The van der Waals surface area contributed by atoms with E-state index in [1.807, 2.05) is 0 Å². The molecule has 2 aliphatic rings. The Hall–Kier alpha value is -0.900. The zero-order valence-electron chi connectivity index (χ0n) is 13.5. The fourth-order valence-corrected chi connectivity index (χ4v) is 3.96. The lowest BCUT2D eigenvalue weighted by Gasteiger charge is -2.30. The van der Waals surface area contributed by atoms with E-state index in [4.69, 9.17) is 9.51 Å². The summed E-state index contributed by atoms with van der Waals surface area (Å²) in [5, 5.41) is 7.73. The first-order valence-corrected chi connectivity index (χ1v) is 8.76. The molecule has 1 saturated carbocycles. The largest absolute Gasteiger partial charge is 0.339 e. The van der Waals surface area contributed by atoms with Crippen molar-refractivity contribution in [2.75, 3.05) is 13.1 Å².